The number of nitrogens with one attached hydrogen (secondary N) is 1. The smallest absolute Gasteiger partial charge is 0.358 e. The van der Waals surface area contributed by atoms with Crippen molar-refractivity contribution in [2.24, 2.45) is 0 Å². The van der Waals surface area contributed by atoms with Gasteiger partial charge in [0.2, 0.25) is 0 Å². The normalized spacial score (nSPS) is 10.6. The van der Waals surface area contributed by atoms with E-state index in [-0.39, 0.29) is 12.3 Å². The molecule has 33 heavy (non-hydrogen) atoms. The number of halogens is 2. The fourth-order valence-electron chi connectivity index (χ4n) is 3.17. The van der Waals surface area contributed by atoms with E-state index in [1.54, 1.807) is 61.7 Å². The molecule has 0 saturated heterocycles. The number of carbonyl (C=O) groups excluding carboxylic acids is 2. The highest BCUT2D eigenvalue weighted by molar-refractivity contribution is 6.04. The van der Waals surface area contributed by atoms with Crippen LogP contribution >= 0.6 is 0 Å². The summed E-state index contributed by atoms with van der Waals surface area (Å²) in [6, 6.07) is 16.1. The van der Waals surface area contributed by atoms with E-state index in [1.807, 2.05) is 0 Å². The van der Waals surface area contributed by atoms with Gasteiger partial charge in [-0.25, -0.2) is 23.2 Å². The molecule has 0 aliphatic heterocycles. The van der Waals surface area contributed by atoms with Crippen LogP contribution in [0, 0.1) is 11.6 Å². The third kappa shape index (κ3) is 4.77. The summed E-state index contributed by atoms with van der Waals surface area (Å²) < 4.78 is 34.0. The monoisotopic (exact) mass is 448 g/mol. The lowest BCUT2D eigenvalue weighted by Gasteiger charge is -2.10. The zero-order valence-corrected chi connectivity index (χ0v) is 17.5. The summed E-state index contributed by atoms with van der Waals surface area (Å²) in [6.07, 6.45) is 1.59. The van der Waals surface area contributed by atoms with Crippen LogP contribution in [0.25, 0.3) is 17.1 Å². The van der Waals surface area contributed by atoms with E-state index in [4.69, 9.17) is 4.74 Å². The number of carbonyl (C=O) groups is 2. The summed E-state index contributed by atoms with van der Waals surface area (Å²) in [5.74, 6) is -2.47. The van der Waals surface area contributed by atoms with E-state index in [0.29, 0.717) is 22.8 Å². The fraction of sp³-hybridized carbons (Fsp3) is 0.0833. The molecule has 0 aliphatic carbocycles. The molecule has 2 heterocycles. The van der Waals surface area contributed by atoms with Gasteiger partial charge in [-0.1, -0.05) is 18.2 Å². The number of amides is 1. The molecule has 9 heteroatoms. The maximum atomic E-state index is 14.0. The van der Waals surface area contributed by atoms with Crippen LogP contribution in [0.2, 0.25) is 0 Å². The van der Waals surface area contributed by atoms with Crippen molar-refractivity contribution in [3.8, 4) is 17.1 Å². The maximum absolute atomic E-state index is 14.0. The van der Waals surface area contributed by atoms with Crippen LogP contribution in [0.1, 0.15) is 27.8 Å². The van der Waals surface area contributed by atoms with Crippen LogP contribution in [0.3, 0.4) is 0 Å². The van der Waals surface area contributed by atoms with Gasteiger partial charge in [0.05, 0.1) is 17.9 Å². The van der Waals surface area contributed by atoms with Gasteiger partial charge in [0.15, 0.2) is 11.5 Å². The first kappa shape index (κ1) is 21.8. The SMILES string of the molecule is CCOC(=O)c1cc(-c2cccc(NC(=O)c3cc(F)ccc3F)c2)n(-c2ccccn2)n1. The summed E-state index contributed by atoms with van der Waals surface area (Å²) in [4.78, 5) is 29.0. The lowest BCUT2D eigenvalue weighted by atomic mass is 10.1. The van der Waals surface area contributed by atoms with Crippen LogP contribution < -0.4 is 5.32 Å². The quantitative estimate of drug-likeness (QED) is 0.434. The number of esters is 1. The molecule has 2 aromatic heterocycles. The summed E-state index contributed by atoms with van der Waals surface area (Å²) >= 11 is 0. The van der Waals surface area contributed by atoms with E-state index in [0.717, 1.165) is 18.2 Å². The second-order valence-corrected chi connectivity index (χ2v) is 6.89. The van der Waals surface area contributed by atoms with Gasteiger partial charge in [0.1, 0.15) is 11.6 Å². The Morgan fingerprint density at radius 2 is 1.88 bits per heavy atom. The largest absolute Gasteiger partial charge is 0.461 e. The molecular weight excluding hydrogens is 430 g/mol. The average Bonchev–Trinajstić information content (AvgIpc) is 3.27. The molecule has 166 valence electrons. The number of hydrogen-bond donors (Lipinski definition) is 1. The molecule has 2 aromatic carbocycles. The van der Waals surface area contributed by atoms with Crippen LogP contribution in [-0.2, 0) is 4.74 Å². The number of anilines is 1. The van der Waals surface area contributed by atoms with E-state index in [1.165, 1.54) is 4.68 Å². The first-order chi connectivity index (χ1) is 16.0. The molecule has 0 bridgehead atoms. The zero-order valence-electron chi connectivity index (χ0n) is 17.5. The maximum Gasteiger partial charge on any atom is 0.358 e. The van der Waals surface area contributed by atoms with Crippen molar-refractivity contribution in [1.29, 1.82) is 0 Å². The van der Waals surface area contributed by atoms with Gasteiger partial charge < -0.3 is 10.1 Å². The molecule has 0 unspecified atom stereocenters. The van der Waals surface area contributed by atoms with Crippen LogP contribution in [0.4, 0.5) is 14.5 Å². The van der Waals surface area contributed by atoms with Crippen molar-refractivity contribution >= 4 is 17.6 Å². The highest BCUT2D eigenvalue weighted by Gasteiger charge is 2.19. The number of aromatic nitrogens is 3. The molecule has 0 radical (unpaired) electrons. The number of benzene rings is 2. The standard InChI is InChI=1S/C24H18F2N4O3/c1-2-33-24(32)20-14-21(30(29-20)22-8-3-4-11-27-22)15-6-5-7-17(12-15)28-23(31)18-13-16(25)9-10-19(18)26/h3-14H,2H2,1H3,(H,28,31). The Bertz CT molecular complexity index is 1320. The van der Waals surface area contributed by atoms with Gasteiger partial charge in [-0.05, 0) is 55.5 Å². The molecule has 0 fully saturated rings. The average molecular weight is 448 g/mol. The van der Waals surface area contributed by atoms with E-state index < -0.39 is 29.1 Å². The van der Waals surface area contributed by atoms with Crippen molar-refractivity contribution < 1.29 is 23.1 Å². The first-order valence-electron chi connectivity index (χ1n) is 10.0. The summed E-state index contributed by atoms with van der Waals surface area (Å²) in [7, 11) is 0. The molecule has 0 atom stereocenters. The minimum atomic E-state index is -0.836. The van der Waals surface area contributed by atoms with Crippen molar-refractivity contribution in [1.82, 2.24) is 14.8 Å². The fourth-order valence-corrected chi connectivity index (χ4v) is 3.17. The van der Waals surface area contributed by atoms with Gasteiger partial charge >= 0.3 is 5.97 Å². The van der Waals surface area contributed by atoms with E-state index in [9.17, 15) is 18.4 Å². The molecule has 7 nitrogen and oxygen atoms in total. The van der Waals surface area contributed by atoms with Crippen molar-refractivity contribution in [3.05, 3.63) is 95.8 Å². The Morgan fingerprint density at radius 3 is 2.64 bits per heavy atom. The zero-order chi connectivity index (χ0) is 23.4. The molecular formula is C24H18F2N4O3. The Hall–Kier alpha value is -4.40. The minimum Gasteiger partial charge on any atom is -0.461 e. The Kier molecular flexibility index (Phi) is 6.21. The summed E-state index contributed by atoms with van der Waals surface area (Å²) in [5, 5.41) is 6.90. The molecule has 4 aromatic rings. The van der Waals surface area contributed by atoms with Crippen molar-refractivity contribution in [3.63, 3.8) is 0 Å². The topological polar surface area (TPSA) is 86.1 Å². The lowest BCUT2D eigenvalue weighted by Crippen LogP contribution is -2.14. The van der Waals surface area contributed by atoms with Gasteiger partial charge in [-0.2, -0.15) is 5.10 Å². The van der Waals surface area contributed by atoms with Gasteiger partial charge in [0.25, 0.3) is 5.91 Å². The molecule has 1 amide bonds. The Morgan fingerprint density at radius 1 is 1.03 bits per heavy atom. The third-order valence-corrected chi connectivity index (χ3v) is 4.65. The van der Waals surface area contributed by atoms with Gasteiger partial charge in [-0.3, -0.25) is 4.79 Å². The van der Waals surface area contributed by atoms with Crippen molar-refractivity contribution in [2.75, 3.05) is 11.9 Å². The van der Waals surface area contributed by atoms with Crippen molar-refractivity contribution in [2.45, 2.75) is 6.92 Å². The van der Waals surface area contributed by atoms with Gasteiger partial charge in [-0.15, -0.1) is 0 Å². The summed E-state index contributed by atoms with van der Waals surface area (Å²) in [6.45, 7) is 1.89. The second-order valence-electron chi connectivity index (χ2n) is 6.89. The number of ether oxygens (including phenoxy) is 1. The van der Waals surface area contributed by atoms with E-state index >= 15 is 0 Å². The van der Waals surface area contributed by atoms with Crippen LogP contribution in [0.5, 0.6) is 0 Å². The van der Waals surface area contributed by atoms with Crippen LogP contribution in [0.15, 0.2) is 72.9 Å². The third-order valence-electron chi connectivity index (χ3n) is 4.65. The predicted octanol–water partition coefficient (Wildman–Crippen LogP) is 4.64. The lowest BCUT2D eigenvalue weighted by molar-refractivity contribution is 0.0518. The number of nitrogens with zero attached hydrogens (tertiary/aromatic N) is 3. The first-order valence-corrected chi connectivity index (χ1v) is 10.0. The Balaban J connectivity index is 1.71. The molecule has 0 aliphatic rings. The Labute approximate surface area is 187 Å². The molecule has 0 spiro atoms. The highest BCUT2D eigenvalue weighted by Crippen LogP contribution is 2.26. The van der Waals surface area contributed by atoms with E-state index in [2.05, 4.69) is 15.4 Å². The number of rotatable bonds is 6. The van der Waals surface area contributed by atoms with Gasteiger partial charge in [0, 0.05) is 17.4 Å². The summed E-state index contributed by atoms with van der Waals surface area (Å²) in [5.41, 5.74) is 1.14. The molecule has 1 N–H and O–H groups in total. The predicted molar refractivity (Wildman–Crippen MR) is 117 cm³/mol. The molecule has 0 saturated carbocycles. The number of hydrogen-bond acceptors (Lipinski definition) is 5. The minimum absolute atomic E-state index is 0.0915. The van der Waals surface area contributed by atoms with Crippen LogP contribution in [-0.4, -0.2) is 33.2 Å². The highest BCUT2D eigenvalue weighted by atomic mass is 19.1. The molecule has 4 rings (SSSR count). The second kappa shape index (κ2) is 9.39. The number of pyridine rings is 1.